The molecule has 1 aliphatic heterocycles. The summed E-state index contributed by atoms with van der Waals surface area (Å²) >= 11 is 0. The SMILES string of the molecule is O=C1/C(=N\c2ccc(F)c(F)c2)c2ccccc2N1c1ccccc1. The lowest BCUT2D eigenvalue weighted by Gasteiger charge is -2.16. The number of amides is 1. The van der Waals surface area contributed by atoms with Crippen LogP contribution in [0.5, 0.6) is 0 Å². The molecule has 0 N–H and O–H groups in total. The molecule has 25 heavy (non-hydrogen) atoms. The van der Waals surface area contributed by atoms with Crippen LogP contribution in [0.2, 0.25) is 0 Å². The molecule has 122 valence electrons. The number of rotatable bonds is 2. The van der Waals surface area contributed by atoms with Crippen molar-refractivity contribution in [3.63, 3.8) is 0 Å². The van der Waals surface area contributed by atoms with Gasteiger partial charge in [0, 0.05) is 17.3 Å². The number of anilines is 2. The van der Waals surface area contributed by atoms with E-state index in [2.05, 4.69) is 4.99 Å². The minimum atomic E-state index is -1.000. The number of fused-ring (bicyclic) bond motifs is 1. The average Bonchev–Trinajstić information content (AvgIpc) is 2.91. The van der Waals surface area contributed by atoms with Crippen molar-refractivity contribution in [2.75, 3.05) is 4.90 Å². The van der Waals surface area contributed by atoms with Gasteiger partial charge in [-0.3, -0.25) is 9.69 Å². The summed E-state index contributed by atoms with van der Waals surface area (Å²) in [5, 5.41) is 0. The molecule has 0 radical (unpaired) electrons. The molecular formula is C20H12F2N2O. The topological polar surface area (TPSA) is 32.7 Å². The van der Waals surface area contributed by atoms with Crippen molar-refractivity contribution < 1.29 is 13.6 Å². The van der Waals surface area contributed by atoms with Crippen molar-refractivity contribution in [2.24, 2.45) is 4.99 Å². The Morgan fingerprint density at radius 2 is 1.52 bits per heavy atom. The number of carbonyl (C=O) groups excluding carboxylic acids is 1. The van der Waals surface area contributed by atoms with E-state index < -0.39 is 11.6 Å². The van der Waals surface area contributed by atoms with E-state index in [0.717, 1.165) is 17.8 Å². The van der Waals surface area contributed by atoms with Crippen molar-refractivity contribution in [3.05, 3.63) is 90.0 Å². The van der Waals surface area contributed by atoms with Crippen LogP contribution in [0, 0.1) is 11.6 Å². The average molecular weight is 334 g/mol. The lowest BCUT2D eigenvalue weighted by molar-refractivity contribution is -0.111. The van der Waals surface area contributed by atoms with Crippen molar-refractivity contribution in [1.82, 2.24) is 0 Å². The predicted molar refractivity (Wildman–Crippen MR) is 92.6 cm³/mol. The molecule has 1 amide bonds. The second-order valence-corrected chi connectivity index (χ2v) is 5.55. The maximum absolute atomic E-state index is 13.4. The smallest absolute Gasteiger partial charge is 0.275 e. The lowest BCUT2D eigenvalue weighted by atomic mass is 10.1. The summed E-state index contributed by atoms with van der Waals surface area (Å²) in [6.07, 6.45) is 0. The van der Waals surface area contributed by atoms with E-state index in [4.69, 9.17) is 0 Å². The van der Waals surface area contributed by atoms with Gasteiger partial charge in [-0.2, -0.15) is 0 Å². The summed E-state index contributed by atoms with van der Waals surface area (Å²) in [4.78, 5) is 18.8. The second kappa shape index (κ2) is 5.94. The maximum Gasteiger partial charge on any atom is 0.282 e. The number of aliphatic imine (C=N–C) groups is 1. The molecule has 0 aliphatic carbocycles. The van der Waals surface area contributed by atoms with Gasteiger partial charge in [-0.1, -0.05) is 36.4 Å². The van der Waals surface area contributed by atoms with Gasteiger partial charge in [-0.25, -0.2) is 13.8 Å². The zero-order valence-corrected chi connectivity index (χ0v) is 13.0. The summed E-state index contributed by atoms with van der Waals surface area (Å²) in [5.74, 6) is -2.26. The van der Waals surface area contributed by atoms with Crippen LogP contribution in [0.15, 0.2) is 77.8 Å². The van der Waals surface area contributed by atoms with Crippen LogP contribution in [0.4, 0.5) is 25.8 Å². The molecule has 4 rings (SSSR count). The second-order valence-electron chi connectivity index (χ2n) is 5.55. The van der Waals surface area contributed by atoms with Gasteiger partial charge in [0.25, 0.3) is 5.91 Å². The number of para-hydroxylation sites is 2. The van der Waals surface area contributed by atoms with E-state index in [1.165, 1.54) is 6.07 Å². The third-order valence-corrected chi connectivity index (χ3v) is 3.96. The first-order valence-electron chi connectivity index (χ1n) is 7.68. The number of nitrogens with zero attached hydrogens (tertiary/aromatic N) is 2. The van der Waals surface area contributed by atoms with E-state index in [1.54, 1.807) is 17.0 Å². The van der Waals surface area contributed by atoms with Crippen molar-refractivity contribution in [3.8, 4) is 0 Å². The van der Waals surface area contributed by atoms with E-state index >= 15 is 0 Å². The third kappa shape index (κ3) is 2.59. The Hall–Kier alpha value is -3.34. The molecule has 0 unspecified atom stereocenters. The van der Waals surface area contributed by atoms with Gasteiger partial charge in [0.1, 0.15) is 5.71 Å². The molecule has 0 saturated heterocycles. The van der Waals surface area contributed by atoms with Gasteiger partial charge in [0.15, 0.2) is 11.6 Å². The molecule has 0 atom stereocenters. The van der Waals surface area contributed by atoms with Crippen molar-refractivity contribution in [2.45, 2.75) is 0 Å². The molecule has 0 saturated carbocycles. The molecule has 0 spiro atoms. The Morgan fingerprint density at radius 1 is 0.800 bits per heavy atom. The molecule has 0 fully saturated rings. The molecular weight excluding hydrogens is 322 g/mol. The zero-order valence-electron chi connectivity index (χ0n) is 13.0. The Bertz CT molecular complexity index is 1000. The van der Waals surface area contributed by atoms with Crippen LogP contribution in [0.3, 0.4) is 0 Å². The van der Waals surface area contributed by atoms with Crippen LogP contribution >= 0.6 is 0 Å². The van der Waals surface area contributed by atoms with Crippen LogP contribution in [0.25, 0.3) is 0 Å². The number of halogens is 2. The van der Waals surface area contributed by atoms with Gasteiger partial charge in [0.2, 0.25) is 0 Å². The Morgan fingerprint density at radius 3 is 2.28 bits per heavy atom. The van der Waals surface area contributed by atoms with Gasteiger partial charge in [-0.15, -0.1) is 0 Å². The van der Waals surface area contributed by atoms with Gasteiger partial charge in [0.05, 0.1) is 11.4 Å². The van der Waals surface area contributed by atoms with Crippen LogP contribution < -0.4 is 4.90 Å². The number of carbonyl (C=O) groups is 1. The molecule has 0 bridgehead atoms. The monoisotopic (exact) mass is 334 g/mol. The first-order valence-corrected chi connectivity index (χ1v) is 7.68. The Balaban J connectivity index is 1.85. The summed E-state index contributed by atoms with van der Waals surface area (Å²) in [6.45, 7) is 0. The van der Waals surface area contributed by atoms with Crippen LogP contribution in [-0.2, 0) is 4.79 Å². The summed E-state index contributed by atoms with van der Waals surface area (Å²) in [5.41, 5.74) is 2.47. The standard InChI is InChI=1S/C20H12F2N2O/c21-16-11-10-13(12-17(16)22)23-19-15-8-4-5-9-18(15)24(20(19)25)14-6-2-1-3-7-14/h1-12H/b23-19-. The van der Waals surface area contributed by atoms with Gasteiger partial charge < -0.3 is 0 Å². The van der Waals surface area contributed by atoms with E-state index in [-0.39, 0.29) is 17.3 Å². The first-order chi connectivity index (χ1) is 12.1. The lowest BCUT2D eigenvalue weighted by Crippen LogP contribution is -2.25. The number of hydrogen-bond acceptors (Lipinski definition) is 2. The molecule has 3 nitrogen and oxygen atoms in total. The largest absolute Gasteiger partial charge is 0.282 e. The number of hydrogen-bond donors (Lipinski definition) is 0. The van der Waals surface area contributed by atoms with E-state index in [1.807, 2.05) is 42.5 Å². The summed E-state index contributed by atoms with van der Waals surface area (Å²) in [6, 6.07) is 19.8. The molecule has 3 aromatic rings. The Kier molecular flexibility index (Phi) is 3.61. The minimum absolute atomic E-state index is 0.187. The highest BCUT2D eigenvalue weighted by atomic mass is 19.2. The number of benzene rings is 3. The normalized spacial score (nSPS) is 14.9. The van der Waals surface area contributed by atoms with Crippen molar-refractivity contribution >= 4 is 28.7 Å². The summed E-state index contributed by atoms with van der Waals surface area (Å²) < 4.78 is 26.6. The van der Waals surface area contributed by atoms with E-state index in [9.17, 15) is 13.6 Å². The van der Waals surface area contributed by atoms with Gasteiger partial charge in [-0.05, 0) is 30.3 Å². The third-order valence-electron chi connectivity index (χ3n) is 3.96. The quantitative estimate of drug-likeness (QED) is 0.665. The molecule has 1 aliphatic rings. The highest BCUT2D eigenvalue weighted by molar-refractivity contribution is 6.56. The maximum atomic E-state index is 13.4. The fourth-order valence-electron chi connectivity index (χ4n) is 2.82. The highest BCUT2D eigenvalue weighted by Gasteiger charge is 2.34. The zero-order chi connectivity index (χ0) is 17.4. The first kappa shape index (κ1) is 15.2. The molecule has 5 heteroatoms. The predicted octanol–water partition coefficient (Wildman–Crippen LogP) is 4.76. The highest BCUT2D eigenvalue weighted by Crippen LogP contribution is 2.36. The van der Waals surface area contributed by atoms with Gasteiger partial charge >= 0.3 is 0 Å². The fourth-order valence-corrected chi connectivity index (χ4v) is 2.82. The van der Waals surface area contributed by atoms with Crippen molar-refractivity contribution in [1.29, 1.82) is 0 Å². The molecule has 3 aromatic carbocycles. The Labute approximate surface area is 142 Å². The summed E-state index contributed by atoms with van der Waals surface area (Å²) in [7, 11) is 0. The van der Waals surface area contributed by atoms with Crippen LogP contribution in [0.1, 0.15) is 5.56 Å². The fraction of sp³-hybridized carbons (Fsp3) is 0. The molecule has 1 heterocycles. The van der Waals surface area contributed by atoms with E-state index in [0.29, 0.717) is 11.3 Å². The van der Waals surface area contributed by atoms with Crippen LogP contribution in [-0.4, -0.2) is 11.6 Å². The minimum Gasteiger partial charge on any atom is -0.275 e. The molecule has 0 aromatic heterocycles.